The summed E-state index contributed by atoms with van der Waals surface area (Å²) in [6, 6.07) is 15.5. The highest BCUT2D eigenvalue weighted by atomic mass is 16.5. The van der Waals surface area contributed by atoms with Crippen molar-refractivity contribution in [3.8, 4) is 17.2 Å². The zero-order valence-electron chi connectivity index (χ0n) is 17.1. The van der Waals surface area contributed by atoms with Gasteiger partial charge in [0.15, 0.2) is 0 Å². The molecule has 0 aromatic heterocycles. The number of carbonyl (C=O) groups is 1. The summed E-state index contributed by atoms with van der Waals surface area (Å²) in [5.74, 6) is 2.41. The van der Waals surface area contributed by atoms with E-state index in [1.165, 1.54) is 5.56 Å². The van der Waals surface area contributed by atoms with E-state index in [0.29, 0.717) is 13.2 Å². The first kappa shape index (κ1) is 20.8. The third-order valence-electron chi connectivity index (χ3n) is 4.93. The van der Waals surface area contributed by atoms with Gasteiger partial charge in [-0.2, -0.15) is 0 Å². The first-order valence-electron chi connectivity index (χ1n) is 9.83. The summed E-state index contributed by atoms with van der Waals surface area (Å²) in [5, 5.41) is 2.93. The second kappa shape index (κ2) is 10.6. The highest BCUT2D eigenvalue weighted by Gasteiger charge is 2.20. The largest absolute Gasteiger partial charge is 0.497 e. The quantitative estimate of drug-likeness (QED) is 0.692. The third-order valence-corrected chi connectivity index (χ3v) is 4.93. The topological polar surface area (TPSA) is 63.3 Å². The van der Waals surface area contributed by atoms with Gasteiger partial charge in [-0.25, -0.2) is 4.79 Å². The highest BCUT2D eigenvalue weighted by Crippen LogP contribution is 2.17. The molecular weight excluding hydrogens is 370 g/mol. The molecule has 156 valence electrons. The molecule has 1 aliphatic heterocycles. The lowest BCUT2D eigenvalue weighted by molar-refractivity contribution is 0.134. The van der Waals surface area contributed by atoms with Crippen molar-refractivity contribution in [1.29, 1.82) is 0 Å². The standard InChI is InChI=1S/C22H29N3O4/c1-27-19-5-3-18(4-6-19)17-24-12-14-25(15-13-24)22(26)23-11-16-29-21-9-7-20(28-2)8-10-21/h3-10H,11-17H2,1-2H3,(H,23,26). The molecule has 2 amide bonds. The van der Waals surface area contributed by atoms with Crippen molar-refractivity contribution >= 4 is 6.03 Å². The Bertz CT molecular complexity index is 757. The molecule has 2 aromatic carbocycles. The number of nitrogens with one attached hydrogen (secondary N) is 1. The van der Waals surface area contributed by atoms with Crippen LogP contribution in [0, 0.1) is 0 Å². The monoisotopic (exact) mass is 399 g/mol. The van der Waals surface area contributed by atoms with E-state index < -0.39 is 0 Å². The summed E-state index contributed by atoms with van der Waals surface area (Å²) in [6.45, 7) is 4.95. The van der Waals surface area contributed by atoms with Crippen LogP contribution in [0.5, 0.6) is 17.2 Å². The first-order valence-corrected chi connectivity index (χ1v) is 9.83. The maximum absolute atomic E-state index is 12.3. The molecule has 1 aliphatic rings. The Hall–Kier alpha value is -2.93. The van der Waals surface area contributed by atoms with Crippen LogP contribution in [-0.4, -0.2) is 69.4 Å². The van der Waals surface area contributed by atoms with Crippen LogP contribution in [-0.2, 0) is 6.54 Å². The smallest absolute Gasteiger partial charge is 0.317 e. The third kappa shape index (κ3) is 6.29. The second-order valence-electron chi connectivity index (χ2n) is 6.87. The number of piperazine rings is 1. The molecule has 1 saturated heterocycles. The Labute approximate surface area is 172 Å². The SMILES string of the molecule is COc1ccc(CN2CCN(C(=O)NCCOc3ccc(OC)cc3)CC2)cc1. The fraction of sp³-hybridized carbons (Fsp3) is 0.409. The van der Waals surface area contributed by atoms with Crippen molar-refractivity contribution in [3.05, 3.63) is 54.1 Å². The number of hydrogen-bond acceptors (Lipinski definition) is 5. The predicted molar refractivity (Wildman–Crippen MR) is 112 cm³/mol. The van der Waals surface area contributed by atoms with Crippen molar-refractivity contribution in [2.45, 2.75) is 6.54 Å². The molecule has 0 bridgehead atoms. The first-order chi connectivity index (χ1) is 14.2. The molecule has 0 atom stereocenters. The fourth-order valence-electron chi connectivity index (χ4n) is 3.21. The van der Waals surface area contributed by atoms with Crippen molar-refractivity contribution in [2.24, 2.45) is 0 Å². The molecule has 1 N–H and O–H groups in total. The highest BCUT2D eigenvalue weighted by molar-refractivity contribution is 5.74. The van der Waals surface area contributed by atoms with Gasteiger partial charge < -0.3 is 24.4 Å². The normalized spacial score (nSPS) is 14.3. The minimum atomic E-state index is -0.0348. The lowest BCUT2D eigenvalue weighted by Gasteiger charge is -2.34. The zero-order valence-corrected chi connectivity index (χ0v) is 17.1. The molecule has 0 unspecified atom stereocenters. The molecular formula is C22H29N3O4. The molecule has 0 saturated carbocycles. The minimum absolute atomic E-state index is 0.0348. The Morgan fingerprint density at radius 1 is 0.862 bits per heavy atom. The number of urea groups is 1. The van der Waals surface area contributed by atoms with Crippen molar-refractivity contribution in [2.75, 3.05) is 53.6 Å². The Balaban J connectivity index is 1.32. The van der Waals surface area contributed by atoms with Gasteiger partial charge in [0.2, 0.25) is 0 Å². The molecule has 0 radical (unpaired) electrons. The van der Waals surface area contributed by atoms with E-state index in [0.717, 1.165) is 50.0 Å². The van der Waals surface area contributed by atoms with Gasteiger partial charge in [-0.15, -0.1) is 0 Å². The lowest BCUT2D eigenvalue weighted by atomic mass is 10.2. The van der Waals surface area contributed by atoms with Crippen LogP contribution >= 0.6 is 0 Å². The van der Waals surface area contributed by atoms with Crippen LogP contribution in [0.3, 0.4) is 0 Å². The van der Waals surface area contributed by atoms with E-state index in [1.807, 2.05) is 41.3 Å². The van der Waals surface area contributed by atoms with Gasteiger partial charge in [0.25, 0.3) is 0 Å². The molecule has 7 nitrogen and oxygen atoms in total. The van der Waals surface area contributed by atoms with Crippen molar-refractivity contribution in [1.82, 2.24) is 15.1 Å². The molecule has 3 rings (SSSR count). The zero-order chi connectivity index (χ0) is 20.5. The van der Waals surface area contributed by atoms with E-state index >= 15 is 0 Å². The predicted octanol–water partition coefficient (Wildman–Crippen LogP) is 2.61. The molecule has 29 heavy (non-hydrogen) atoms. The van der Waals surface area contributed by atoms with E-state index in [9.17, 15) is 4.79 Å². The van der Waals surface area contributed by atoms with E-state index in [-0.39, 0.29) is 6.03 Å². The van der Waals surface area contributed by atoms with Crippen LogP contribution in [0.25, 0.3) is 0 Å². The van der Waals surface area contributed by atoms with Gasteiger partial charge in [-0.05, 0) is 42.0 Å². The number of methoxy groups -OCH3 is 2. The van der Waals surface area contributed by atoms with Crippen LogP contribution in [0.4, 0.5) is 4.79 Å². The number of ether oxygens (including phenoxy) is 3. The summed E-state index contributed by atoms with van der Waals surface area (Å²) in [4.78, 5) is 16.6. The van der Waals surface area contributed by atoms with Crippen molar-refractivity contribution < 1.29 is 19.0 Å². The van der Waals surface area contributed by atoms with Crippen LogP contribution in [0.2, 0.25) is 0 Å². The number of benzene rings is 2. The Morgan fingerprint density at radius 2 is 1.41 bits per heavy atom. The second-order valence-corrected chi connectivity index (χ2v) is 6.87. The van der Waals surface area contributed by atoms with Crippen LogP contribution in [0.1, 0.15) is 5.56 Å². The van der Waals surface area contributed by atoms with Gasteiger partial charge in [0.1, 0.15) is 23.9 Å². The fourth-order valence-corrected chi connectivity index (χ4v) is 3.21. The van der Waals surface area contributed by atoms with Gasteiger partial charge in [0.05, 0.1) is 20.8 Å². The molecule has 1 heterocycles. The van der Waals surface area contributed by atoms with Gasteiger partial charge >= 0.3 is 6.03 Å². The van der Waals surface area contributed by atoms with Crippen LogP contribution < -0.4 is 19.5 Å². The Morgan fingerprint density at radius 3 is 2.00 bits per heavy atom. The Kier molecular flexibility index (Phi) is 7.58. The minimum Gasteiger partial charge on any atom is -0.497 e. The van der Waals surface area contributed by atoms with E-state index in [2.05, 4.69) is 22.3 Å². The van der Waals surface area contributed by atoms with Crippen molar-refractivity contribution in [3.63, 3.8) is 0 Å². The van der Waals surface area contributed by atoms with Gasteiger partial charge in [0, 0.05) is 32.7 Å². The molecule has 7 heteroatoms. The van der Waals surface area contributed by atoms with E-state index in [4.69, 9.17) is 14.2 Å². The number of nitrogens with zero attached hydrogens (tertiary/aromatic N) is 2. The summed E-state index contributed by atoms with van der Waals surface area (Å²) in [5.41, 5.74) is 1.25. The number of rotatable bonds is 8. The summed E-state index contributed by atoms with van der Waals surface area (Å²) in [7, 11) is 3.30. The van der Waals surface area contributed by atoms with E-state index in [1.54, 1.807) is 14.2 Å². The van der Waals surface area contributed by atoms with Gasteiger partial charge in [-0.3, -0.25) is 4.90 Å². The summed E-state index contributed by atoms with van der Waals surface area (Å²) >= 11 is 0. The number of amides is 2. The molecule has 2 aromatic rings. The number of hydrogen-bond donors (Lipinski definition) is 1. The average molecular weight is 399 g/mol. The summed E-state index contributed by atoms with van der Waals surface area (Å²) in [6.07, 6.45) is 0. The lowest BCUT2D eigenvalue weighted by Crippen LogP contribution is -2.51. The summed E-state index contributed by atoms with van der Waals surface area (Å²) < 4.78 is 15.9. The molecule has 1 fully saturated rings. The maximum Gasteiger partial charge on any atom is 0.317 e. The molecule has 0 spiro atoms. The number of carbonyl (C=O) groups excluding carboxylic acids is 1. The maximum atomic E-state index is 12.3. The van der Waals surface area contributed by atoms with Crippen LogP contribution in [0.15, 0.2) is 48.5 Å². The average Bonchev–Trinajstić information content (AvgIpc) is 2.78. The molecule has 0 aliphatic carbocycles. The van der Waals surface area contributed by atoms with Gasteiger partial charge in [-0.1, -0.05) is 12.1 Å².